The third-order valence-corrected chi connectivity index (χ3v) is 5.39. The zero-order valence-electron chi connectivity index (χ0n) is 13.6. The molecule has 1 aromatic carbocycles. The van der Waals surface area contributed by atoms with Crippen LogP contribution in [0.5, 0.6) is 0 Å². The molecule has 116 valence electrons. The van der Waals surface area contributed by atoms with Crippen LogP contribution in [0.15, 0.2) is 30.3 Å². The highest BCUT2D eigenvalue weighted by molar-refractivity contribution is 5.21. The van der Waals surface area contributed by atoms with Crippen molar-refractivity contribution in [3.05, 3.63) is 35.9 Å². The Morgan fingerprint density at radius 1 is 1.19 bits per heavy atom. The standard InChI is InChI=1S/C19H30N2/c1-3-7-17-14-21(18-11-10-15(2)12-18)19(13-20-17)16-8-5-4-6-9-16/h4-6,8-9,15,17-20H,3,7,10-14H2,1-2H3. The molecule has 1 saturated heterocycles. The molecule has 2 fully saturated rings. The second-order valence-corrected chi connectivity index (χ2v) is 7.09. The molecule has 4 atom stereocenters. The van der Waals surface area contributed by atoms with E-state index in [4.69, 9.17) is 0 Å². The van der Waals surface area contributed by atoms with Gasteiger partial charge in [-0.2, -0.15) is 0 Å². The summed E-state index contributed by atoms with van der Waals surface area (Å²) in [5.74, 6) is 0.908. The zero-order valence-corrected chi connectivity index (χ0v) is 13.6. The summed E-state index contributed by atoms with van der Waals surface area (Å²) in [5, 5.41) is 3.79. The van der Waals surface area contributed by atoms with Crippen LogP contribution in [-0.2, 0) is 0 Å². The van der Waals surface area contributed by atoms with Crippen molar-refractivity contribution in [2.24, 2.45) is 5.92 Å². The van der Waals surface area contributed by atoms with E-state index < -0.39 is 0 Å². The topological polar surface area (TPSA) is 15.3 Å². The Hall–Kier alpha value is -0.860. The van der Waals surface area contributed by atoms with E-state index in [0.717, 1.165) is 18.5 Å². The Morgan fingerprint density at radius 2 is 2.00 bits per heavy atom. The van der Waals surface area contributed by atoms with E-state index in [1.165, 1.54) is 44.2 Å². The second-order valence-electron chi connectivity index (χ2n) is 7.09. The number of nitrogens with zero attached hydrogens (tertiary/aromatic N) is 1. The van der Waals surface area contributed by atoms with Gasteiger partial charge in [-0.15, -0.1) is 0 Å². The van der Waals surface area contributed by atoms with E-state index in [1.807, 2.05) is 0 Å². The van der Waals surface area contributed by atoms with Gasteiger partial charge in [-0.25, -0.2) is 0 Å². The lowest BCUT2D eigenvalue weighted by atomic mass is 9.96. The van der Waals surface area contributed by atoms with Crippen molar-refractivity contribution in [1.82, 2.24) is 10.2 Å². The maximum Gasteiger partial charge on any atom is 0.0476 e. The molecule has 2 heteroatoms. The SMILES string of the molecule is CCCC1CN(C2CCC(C)C2)C(c2ccccc2)CN1. The molecule has 1 N–H and O–H groups in total. The summed E-state index contributed by atoms with van der Waals surface area (Å²) in [6.45, 7) is 7.06. The van der Waals surface area contributed by atoms with Crippen LogP contribution in [0.3, 0.4) is 0 Å². The molecule has 0 bridgehead atoms. The lowest BCUT2D eigenvalue weighted by Gasteiger charge is -2.44. The number of hydrogen-bond donors (Lipinski definition) is 1. The fourth-order valence-electron chi connectivity index (χ4n) is 4.25. The summed E-state index contributed by atoms with van der Waals surface area (Å²) >= 11 is 0. The molecular formula is C19H30N2. The first kappa shape index (κ1) is 15.1. The molecule has 1 saturated carbocycles. The van der Waals surface area contributed by atoms with Crippen LogP contribution in [0.4, 0.5) is 0 Å². The Bertz CT molecular complexity index is 430. The van der Waals surface area contributed by atoms with Gasteiger partial charge in [-0.1, -0.05) is 50.6 Å². The van der Waals surface area contributed by atoms with Crippen molar-refractivity contribution >= 4 is 0 Å². The Labute approximate surface area is 129 Å². The summed E-state index contributed by atoms with van der Waals surface area (Å²) in [4.78, 5) is 2.83. The number of nitrogens with one attached hydrogen (secondary N) is 1. The Kier molecular flexibility index (Phi) is 4.97. The average molecular weight is 286 g/mol. The predicted molar refractivity (Wildman–Crippen MR) is 89.4 cm³/mol. The summed E-state index contributed by atoms with van der Waals surface area (Å²) in [5.41, 5.74) is 1.49. The minimum Gasteiger partial charge on any atom is -0.311 e. The highest BCUT2D eigenvalue weighted by Crippen LogP contribution is 2.35. The molecule has 4 unspecified atom stereocenters. The van der Waals surface area contributed by atoms with Crippen LogP contribution in [0, 0.1) is 5.92 Å². The number of rotatable bonds is 4. The Balaban J connectivity index is 1.77. The number of benzene rings is 1. The van der Waals surface area contributed by atoms with Gasteiger partial charge in [0.2, 0.25) is 0 Å². The normalized spacial score (nSPS) is 34.2. The first-order valence-electron chi connectivity index (χ1n) is 8.82. The smallest absolute Gasteiger partial charge is 0.0476 e. The van der Waals surface area contributed by atoms with E-state index in [-0.39, 0.29) is 0 Å². The van der Waals surface area contributed by atoms with Crippen LogP contribution in [0.1, 0.15) is 57.6 Å². The number of piperazine rings is 1. The molecular weight excluding hydrogens is 256 g/mol. The van der Waals surface area contributed by atoms with Gasteiger partial charge < -0.3 is 5.32 Å². The van der Waals surface area contributed by atoms with Crippen LogP contribution >= 0.6 is 0 Å². The van der Waals surface area contributed by atoms with Crippen molar-refractivity contribution < 1.29 is 0 Å². The molecule has 0 radical (unpaired) electrons. The average Bonchev–Trinajstić information content (AvgIpc) is 2.95. The van der Waals surface area contributed by atoms with E-state index in [1.54, 1.807) is 0 Å². The minimum absolute atomic E-state index is 0.564. The first-order chi connectivity index (χ1) is 10.3. The van der Waals surface area contributed by atoms with Gasteiger partial charge >= 0.3 is 0 Å². The molecule has 3 rings (SSSR count). The van der Waals surface area contributed by atoms with Crippen LogP contribution in [-0.4, -0.2) is 30.1 Å². The zero-order chi connectivity index (χ0) is 14.7. The molecule has 1 aliphatic heterocycles. The van der Waals surface area contributed by atoms with Crippen LogP contribution in [0.2, 0.25) is 0 Å². The van der Waals surface area contributed by atoms with Crippen molar-refractivity contribution in [3.8, 4) is 0 Å². The molecule has 1 aromatic rings. The molecule has 0 amide bonds. The van der Waals surface area contributed by atoms with Gasteiger partial charge in [0.25, 0.3) is 0 Å². The van der Waals surface area contributed by atoms with Crippen molar-refractivity contribution in [1.29, 1.82) is 0 Å². The Morgan fingerprint density at radius 3 is 2.67 bits per heavy atom. The van der Waals surface area contributed by atoms with Gasteiger partial charge in [0.15, 0.2) is 0 Å². The largest absolute Gasteiger partial charge is 0.311 e. The quantitative estimate of drug-likeness (QED) is 0.900. The summed E-state index contributed by atoms with van der Waals surface area (Å²) in [6, 6.07) is 13.1. The van der Waals surface area contributed by atoms with Gasteiger partial charge in [-0.05, 0) is 37.2 Å². The highest BCUT2D eigenvalue weighted by Gasteiger charge is 2.36. The molecule has 1 heterocycles. The summed E-state index contributed by atoms with van der Waals surface area (Å²) < 4.78 is 0. The molecule has 2 nitrogen and oxygen atoms in total. The molecule has 0 aromatic heterocycles. The summed E-state index contributed by atoms with van der Waals surface area (Å²) in [6.07, 6.45) is 6.78. The molecule has 2 aliphatic rings. The third-order valence-electron chi connectivity index (χ3n) is 5.39. The molecule has 21 heavy (non-hydrogen) atoms. The van der Waals surface area contributed by atoms with Crippen LogP contribution < -0.4 is 5.32 Å². The highest BCUT2D eigenvalue weighted by atomic mass is 15.3. The predicted octanol–water partition coefficient (Wildman–Crippen LogP) is 3.99. The van der Waals surface area contributed by atoms with Crippen LogP contribution in [0.25, 0.3) is 0 Å². The monoisotopic (exact) mass is 286 g/mol. The first-order valence-corrected chi connectivity index (χ1v) is 8.82. The lowest BCUT2D eigenvalue weighted by Crippen LogP contribution is -2.55. The maximum absolute atomic E-state index is 3.79. The van der Waals surface area contributed by atoms with Crippen molar-refractivity contribution in [3.63, 3.8) is 0 Å². The second kappa shape index (κ2) is 6.93. The number of hydrogen-bond acceptors (Lipinski definition) is 2. The van der Waals surface area contributed by atoms with E-state index in [9.17, 15) is 0 Å². The lowest BCUT2D eigenvalue weighted by molar-refractivity contribution is 0.0790. The summed E-state index contributed by atoms with van der Waals surface area (Å²) in [7, 11) is 0. The van der Waals surface area contributed by atoms with Crippen molar-refractivity contribution in [2.45, 2.75) is 64.1 Å². The maximum atomic E-state index is 3.79. The van der Waals surface area contributed by atoms with Gasteiger partial charge in [0.1, 0.15) is 0 Å². The van der Waals surface area contributed by atoms with E-state index in [2.05, 4.69) is 54.4 Å². The van der Waals surface area contributed by atoms with E-state index >= 15 is 0 Å². The van der Waals surface area contributed by atoms with Gasteiger partial charge in [-0.3, -0.25) is 4.90 Å². The fraction of sp³-hybridized carbons (Fsp3) is 0.684. The van der Waals surface area contributed by atoms with Gasteiger partial charge in [0, 0.05) is 31.2 Å². The molecule has 0 spiro atoms. The minimum atomic E-state index is 0.564. The third kappa shape index (κ3) is 3.49. The fourth-order valence-corrected chi connectivity index (χ4v) is 4.25. The van der Waals surface area contributed by atoms with Gasteiger partial charge in [0.05, 0.1) is 0 Å². The van der Waals surface area contributed by atoms with Crippen molar-refractivity contribution in [2.75, 3.05) is 13.1 Å². The molecule has 1 aliphatic carbocycles. The van der Waals surface area contributed by atoms with E-state index in [0.29, 0.717) is 12.1 Å².